The van der Waals surface area contributed by atoms with Crippen LogP contribution in [0.2, 0.25) is 0 Å². The second kappa shape index (κ2) is 10.6. The van der Waals surface area contributed by atoms with E-state index in [1.54, 1.807) is 6.92 Å². The Morgan fingerprint density at radius 2 is 1.47 bits per heavy atom. The number of rotatable bonds is 12. The van der Waals surface area contributed by atoms with Gasteiger partial charge in [-0.25, -0.2) is 0 Å². The van der Waals surface area contributed by atoms with E-state index in [9.17, 15) is 28.8 Å². The zero-order valence-corrected chi connectivity index (χ0v) is 17.8. The second-order valence-electron chi connectivity index (χ2n) is 8.34. The van der Waals surface area contributed by atoms with E-state index in [1.165, 1.54) is 0 Å². The van der Waals surface area contributed by atoms with Gasteiger partial charge in [-0.15, -0.1) is 0 Å². The third kappa shape index (κ3) is 6.04. The molecule has 4 amide bonds. The molecule has 0 aliphatic carbocycles. The first-order valence-electron chi connectivity index (χ1n) is 10.4. The van der Waals surface area contributed by atoms with E-state index < -0.39 is 0 Å². The Morgan fingerprint density at radius 1 is 0.900 bits per heavy atom. The highest BCUT2D eigenvalue weighted by molar-refractivity contribution is 6.06. The van der Waals surface area contributed by atoms with Gasteiger partial charge in [0.1, 0.15) is 0 Å². The zero-order chi connectivity index (χ0) is 22.4. The van der Waals surface area contributed by atoms with Crippen LogP contribution in [-0.4, -0.2) is 71.3 Å². The summed E-state index contributed by atoms with van der Waals surface area (Å²) in [6, 6.07) is 0. The summed E-state index contributed by atoms with van der Waals surface area (Å²) in [6.45, 7) is 5.39. The normalized spacial score (nSPS) is 22.0. The topological polar surface area (TPSA) is 118 Å². The minimum atomic E-state index is -0.374. The van der Waals surface area contributed by atoms with Crippen LogP contribution >= 0.6 is 0 Å². The molecule has 0 spiro atoms. The number of Topliss-reactive ketones (excluding diaryl/α,β-unsaturated/α-hetero) is 2. The predicted molar refractivity (Wildman–Crippen MR) is 105 cm³/mol. The van der Waals surface area contributed by atoms with E-state index in [0.29, 0.717) is 6.42 Å². The number of amides is 4. The number of ether oxygens (including phenoxy) is 1. The van der Waals surface area contributed by atoms with Crippen LogP contribution in [0, 0.1) is 17.8 Å². The zero-order valence-electron chi connectivity index (χ0n) is 17.8. The van der Waals surface area contributed by atoms with Crippen molar-refractivity contribution in [3.8, 4) is 0 Å². The Bertz CT molecular complexity index is 731. The summed E-state index contributed by atoms with van der Waals surface area (Å²) in [5.74, 6) is -2.34. The van der Waals surface area contributed by atoms with Crippen LogP contribution in [0.4, 0.5) is 0 Å². The molecule has 166 valence electrons. The monoisotopic (exact) mass is 422 g/mol. The highest BCUT2D eigenvalue weighted by atomic mass is 16.5. The van der Waals surface area contributed by atoms with Gasteiger partial charge in [-0.3, -0.25) is 38.6 Å². The molecule has 2 atom stereocenters. The van der Waals surface area contributed by atoms with Crippen LogP contribution in [-0.2, 0) is 33.5 Å². The molecule has 2 aliphatic heterocycles. The molecule has 0 N–H and O–H groups in total. The Morgan fingerprint density at radius 3 is 2.00 bits per heavy atom. The molecule has 0 aromatic heterocycles. The Kier molecular flexibility index (Phi) is 8.40. The summed E-state index contributed by atoms with van der Waals surface area (Å²) >= 11 is 0. The summed E-state index contributed by atoms with van der Waals surface area (Å²) in [5.41, 5.74) is 0. The molecule has 0 bridgehead atoms. The van der Waals surface area contributed by atoms with Crippen LogP contribution in [0.1, 0.15) is 52.9 Å². The highest BCUT2D eigenvalue weighted by Gasteiger charge is 2.40. The third-order valence-electron chi connectivity index (χ3n) is 5.49. The number of carbonyl (C=O) groups is 6. The molecule has 30 heavy (non-hydrogen) atoms. The van der Waals surface area contributed by atoms with Gasteiger partial charge in [0.15, 0.2) is 11.6 Å². The van der Waals surface area contributed by atoms with Gasteiger partial charge >= 0.3 is 0 Å². The van der Waals surface area contributed by atoms with Crippen molar-refractivity contribution < 1.29 is 33.5 Å². The molecule has 2 rings (SSSR count). The molecular weight excluding hydrogens is 392 g/mol. The average Bonchev–Trinajstić information content (AvgIpc) is 3.08. The standard InChI is InChI=1S/C21H30N2O7/c1-13(2)17-10-19(27)23(21(17)29)11-15(24)5-4-7-30-8-6-16(25)12-22-18(26)9-14(3)20(22)28/h13-14,17H,4-12H2,1-3H3. The van der Waals surface area contributed by atoms with Crippen molar-refractivity contribution in [2.45, 2.75) is 52.9 Å². The Balaban J connectivity index is 1.58. The minimum absolute atomic E-state index is 0.0581. The first-order chi connectivity index (χ1) is 14.1. The maximum absolute atomic E-state index is 12.2. The molecule has 2 unspecified atom stereocenters. The quantitative estimate of drug-likeness (QED) is 0.336. The molecule has 9 heteroatoms. The van der Waals surface area contributed by atoms with Gasteiger partial charge in [0.2, 0.25) is 23.6 Å². The van der Waals surface area contributed by atoms with E-state index in [1.807, 2.05) is 13.8 Å². The lowest BCUT2D eigenvalue weighted by Gasteiger charge is -2.15. The summed E-state index contributed by atoms with van der Waals surface area (Å²) in [5, 5.41) is 0. The van der Waals surface area contributed by atoms with Crippen LogP contribution in [0.25, 0.3) is 0 Å². The first kappa shape index (κ1) is 23.9. The van der Waals surface area contributed by atoms with Crippen LogP contribution in [0.5, 0.6) is 0 Å². The van der Waals surface area contributed by atoms with Crippen LogP contribution < -0.4 is 0 Å². The van der Waals surface area contributed by atoms with Gasteiger partial charge in [0.25, 0.3) is 0 Å². The number of nitrogens with zero attached hydrogens (tertiary/aromatic N) is 2. The molecule has 2 saturated heterocycles. The lowest BCUT2D eigenvalue weighted by molar-refractivity contribution is -0.143. The molecule has 2 heterocycles. The average molecular weight is 422 g/mol. The summed E-state index contributed by atoms with van der Waals surface area (Å²) in [6.07, 6.45) is 0.966. The van der Waals surface area contributed by atoms with Crippen molar-refractivity contribution in [2.75, 3.05) is 26.3 Å². The van der Waals surface area contributed by atoms with E-state index in [0.717, 1.165) is 9.80 Å². The van der Waals surface area contributed by atoms with Crippen molar-refractivity contribution >= 4 is 35.2 Å². The Hall–Kier alpha value is -2.42. The van der Waals surface area contributed by atoms with Crippen LogP contribution in [0.15, 0.2) is 0 Å². The van der Waals surface area contributed by atoms with Gasteiger partial charge in [0, 0.05) is 44.1 Å². The number of imide groups is 2. The molecule has 2 fully saturated rings. The van der Waals surface area contributed by atoms with Gasteiger partial charge in [-0.05, 0) is 12.3 Å². The lowest BCUT2D eigenvalue weighted by Crippen LogP contribution is -2.36. The minimum Gasteiger partial charge on any atom is -0.381 e. The smallest absolute Gasteiger partial charge is 0.233 e. The van der Waals surface area contributed by atoms with Crippen molar-refractivity contribution in [3.63, 3.8) is 0 Å². The molecule has 9 nitrogen and oxygen atoms in total. The number of likely N-dealkylation sites (tertiary alicyclic amines) is 2. The van der Waals surface area contributed by atoms with Gasteiger partial charge < -0.3 is 4.74 Å². The third-order valence-corrected chi connectivity index (χ3v) is 5.49. The summed E-state index contributed by atoms with van der Waals surface area (Å²) in [4.78, 5) is 73.6. The fraction of sp³-hybridized carbons (Fsp3) is 0.714. The number of ketones is 2. The van der Waals surface area contributed by atoms with Crippen molar-refractivity contribution in [1.82, 2.24) is 9.80 Å². The fourth-order valence-electron chi connectivity index (χ4n) is 3.58. The van der Waals surface area contributed by atoms with Crippen molar-refractivity contribution in [3.05, 3.63) is 0 Å². The van der Waals surface area contributed by atoms with E-state index in [4.69, 9.17) is 4.74 Å². The summed E-state index contributed by atoms with van der Waals surface area (Å²) in [7, 11) is 0. The summed E-state index contributed by atoms with van der Waals surface area (Å²) < 4.78 is 5.35. The van der Waals surface area contributed by atoms with Gasteiger partial charge in [-0.1, -0.05) is 20.8 Å². The van der Waals surface area contributed by atoms with E-state index in [2.05, 4.69) is 0 Å². The number of hydrogen-bond donors (Lipinski definition) is 0. The SMILES string of the molecule is CC1CC(=O)N(CC(=O)CCOCCCC(=O)CN2C(=O)CC(C(C)C)C2=O)C1=O. The van der Waals surface area contributed by atoms with E-state index in [-0.39, 0.29) is 105 Å². The molecular formula is C21H30N2O7. The lowest BCUT2D eigenvalue weighted by atomic mass is 9.94. The maximum atomic E-state index is 12.2. The fourth-order valence-corrected chi connectivity index (χ4v) is 3.58. The Labute approximate surface area is 176 Å². The van der Waals surface area contributed by atoms with Gasteiger partial charge in [0.05, 0.1) is 19.7 Å². The number of carbonyl (C=O) groups excluding carboxylic acids is 6. The number of hydrogen-bond acceptors (Lipinski definition) is 7. The van der Waals surface area contributed by atoms with Gasteiger partial charge in [-0.2, -0.15) is 0 Å². The first-order valence-corrected chi connectivity index (χ1v) is 10.4. The largest absolute Gasteiger partial charge is 0.381 e. The van der Waals surface area contributed by atoms with Crippen molar-refractivity contribution in [2.24, 2.45) is 17.8 Å². The second-order valence-corrected chi connectivity index (χ2v) is 8.34. The van der Waals surface area contributed by atoms with Crippen molar-refractivity contribution in [1.29, 1.82) is 0 Å². The van der Waals surface area contributed by atoms with E-state index >= 15 is 0 Å². The molecule has 0 aromatic carbocycles. The maximum Gasteiger partial charge on any atom is 0.233 e. The van der Waals surface area contributed by atoms with Crippen LogP contribution in [0.3, 0.4) is 0 Å². The molecule has 0 aromatic rings. The molecule has 0 radical (unpaired) electrons. The predicted octanol–water partition coefficient (Wildman–Crippen LogP) is 0.738. The molecule has 0 saturated carbocycles. The highest BCUT2D eigenvalue weighted by Crippen LogP contribution is 2.26. The molecule has 2 aliphatic rings.